The fraction of sp³-hybridized carbons (Fsp3) is 0.0870. The van der Waals surface area contributed by atoms with Gasteiger partial charge in [-0.1, -0.05) is 18.2 Å². The van der Waals surface area contributed by atoms with Crippen molar-refractivity contribution in [3.05, 3.63) is 89.2 Å². The van der Waals surface area contributed by atoms with Gasteiger partial charge in [0.1, 0.15) is 5.82 Å². The molecule has 0 bridgehead atoms. The maximum absolute atomic E-state index is 13.8. The average Bonchev–Trinajstić information content (AvgIpc) is 3.17. The number of nitrogens with one attached hydrogen (secondary N) is 1. The van der Waals surface area contributed by atoms with E-state index in [1.807, 2.05) is 0 Å². The van der Waals surface area contributed by atoms with Crippen LogP contribution in [0.3, 0.4) is 0 Å². The molecule has 33 heavy (non-hydrogen) atoms. The van der Waals surface area contributed by atoms with Gasteiger partial charge in [-0.15, -0.1) is 0 Å². The van der Waals surface area contributed by atoms with Gasteiger partial charge in [0.15, 0.2) is 17.5 Å². The molecule has 170 valence electrons. The molecule has 0 aliphatic carbocycles. The third kappa shape index (κ3) is 4.11. The number of amides is 1. The first-order valence-corrected chi connectivity index (χ1v) is 9.42. The number of pyridine rings is 1. The first-order valence-electron chi connectivity index (χ1n) is 9.42. The summed E-state index contributed by atoms with van der Waals surface area (Å²) in [5, 5.41) is 2.30. The summed E-state index contributed by atoms with van der Waals surface area (Å²) in [6, 6.07) is 11.5. The van der Waals surface area contributed by atoms with Gasteiger partial charge in [-0.2, -0.15) is 13.2 Å². The monoisotopic (exact) mass is 464 g/mol. The number of hydrogen-bond acceptors (Lipinski definition) is 2. The number of carbonyl (C=O) groups excluding carboxylic acids is 1. The summed E-state index contributed by atoms with van der Waals surface area (Å²) in [6.45, 7) is 0. The number of rotatable bonds is 4. The van der Waals surface area contributed by atoms with Crippen molar-refractivity contribution in [1.29, 1.82) is 0 Å². The Morgan fingerprint density at radius 3 is 2.21 bits per heavy atom. The van der Waals surface area contributed by atoms with Gasteiger partial charge in [0.05, 0.1) is 23.9 Å². The van der Waals surface area contributed by atoms with Gasteiger partial charge in [0, 0.05) is 17.3 Å². The van der Waals surface area contributed by atoms with Crippen LogP contribution in [-0.4, -0.2) is 17.4 Å². The smallest absolute Gasteiger partial charge is 0.418 e. The fourth-order valence-corrected chi connectivity index (χ4v) is 3.46. The van der Waals surface area contributed by atoms with E-state index in [9.17, 15) is 31.1 Å². The van der Waals surface area contributed by atoms with Gasteiger partial charge in [0.2, 0.25) is 0 Å². The van der Waals surface area contributed by atoms with Crippen molar-refractivity contribution < 1.29 is 35.9 Å². The number of halogens is 6. The molecule has 0 atom stereocenters. The zero-order valence-corrected chi connectivity index (χ0v) is 16.8. The zero-order valence-electron chi connectivity index (χ0n) is 16.8. The van der Waals surface area contributed by atoms with E-state index in [0.29, 0.717) is 6.07 Å². The van der Waals surface area contributed by atoms with Gasteiger partial charge in [-0.25, -0.2) is 13.2 Å². The van der Waals surface area contributed by atoms with E-state index in [1.165, 1.54) is 47.9 Å². The maximum atomic E-state index is 13.8. The van der Waals surface area contributed by atoms with E-state index in [1.54, 1.807) is 6.07 Å². The molecule has 0 unspecified atom stereocenters. The Balaban J connectivity index is 1.72. The van der Waals surface area contributed by atoms with Crippen LogP contribution in [0, 0.1) is 17.5 Å². The van der Waals surface area contributed by atoms with E-state index in [2.05, 4.69) is 5.32 Å². The second-order valence-corrected chi connectivity index (χ2v) is 7.01. The molecule has 0 radical (unpaired) electrons. The molecule has 4 nitrogen and oxygen atoms in total. The summed E-state index contributed by atoms with van der Waals surface area (Å²) < 4.78 is 88.0. The van der Waals surface area contributed by atoms with Crippen molar-refractivity contribution in [3.8, 4) is 17.1 Å². The summed E-state index contributed by atoms with van der Waals surface area (Å²) in [4.78, 5) is 12.2. The Morgan fingerprint density at radius 2 is 1.58 bits per heavy atom. The van der Waals surface area contributed by atoms with E-state index in [4.69, 9.17) is 4.74 Å². The number of nitrogens with zero attached hydrogens (tertiary/aromatic N) is 1. The van der Waals surface area contributed by atoms with E-state index in [-0.39, 0.29) is 34.4 Å². The van der Waals surface area contributed by atoms with E-state index >= 15 is 0 Å². The highest BCUT2D eigenvalue weighted by Crippen LogP contribution is 2.41. The van der Waals surface area contributed by atoms with Crippen LogP contribution in [0.25, 0.3) is 16.8 Å². The number of methoxy groups -OCH3 is 1. The number of hydrogen-bond donors (Lipinski definition) is 1. The molecular weight excluding hydrogens is 450 g/mol. The average molecular weight is 464 g/mol. The number of ether oxygens (including phenoxy) is 1. The Kier molecular flexibility index (Phi) is 5.52. The molecule has 0 saturated heterocycles. The van der Waals surface area contributed by atoms with Crippen molar-refractivity contribution in [2.45, 2.75) is 6.18 Å². The van der Waals surface area contributed by atoms with Crippen molar-refractivity contribution in [2.24, 2.45) is 0 Å². The summed E-state index contributed by atoms with van der Waals surface area (Å²) >= 11 is 0. The van der Waals surface area contributed by atoms with Gasteiger partial charge >= 0.3 is 6.18 Å². The number of fused-ring (bicyclic) bond motifs is 1. The third-order valence-electron chi connectivity index (χ3n) is 4.94. The predicted molar refractivity (Wildman–Crippen MR) is 109 cm³/mol. The molecule has 0 spiro atoms. The molecule has 4 aromatic rings. The topological polar surface area (TPSA) is 42.7 Å². The molecule has 0 saturated carbocycles. The SMILES string of the molecule is COc1cccc2cc(C(F)(F)F)c(-c3ccc(NC(=O)c4cc(F)c(F)cc4F)cc3)n12. The van der Waals surface area contributed by atoms with Crippen molar-refractivity contribution >= 4 is 17.1 Å². The molecule has 4 rings (SSSR count). The molecule has 0 aliphatic rings. The Bertz CT molecular complexity index is 1360. The summed E-state index contributed by atoms with van der Waals surface area (Å²) in [5.74, 6) is -4.96. The van der Waals surface area contributed by atoms with Crippen molar-refractivity contribution in [2.75, 3.05) is 12.4 Å². The number of anilines is 1. The molecule has 2 heterocycles. The highest BCUT2D eigenvalue weighted by atomic mass is 19.4. The minimum atomic E-state index is -4.65. The summed E-state index contributed by atoms with van der Waals surface area (Å²) in [6.07, 6.45) is -4.65. The first-order chi connectivity index (χ1) is 15.6. The van der Waals surface area contributed by atoms with Crippen LogP contribution in [0.1, 0.15) is 15.9 Å². The highest BCUT2D eigenvalue weighted by molar-refractivity contribution is 6.04. The lowest BCUT2D eigenvalue weighted by Gasteiger charge is -2.13. The zero-order chi connectivity index (χ0) is 23.9. The number of alkyl halides is 3. The van der Waals surface area contributed by atoms with Crippen molar-refractivity contribution in [1.82, 2.24) is 4.40 Å². The Morgan fingerprint density at radius 1 is 0.909 bits per heavy atom. The number of carbonyl (C=O) groups is 1. The third-order valence-corrected chi connectivity index (χ3v) is 4.94. The lowest BCUT2D eigenvalue weighted by molar-refractivity contribution is -0.137. The van der Waals surface area contributed by atoms with Crippen LogP contribution < -0.4 is 10.1 Å². The van der Waals surface area contributed by atoms with Crippen LogP contribution in [0.4, 0.5) is 32.0 Å². The van der Waals surface area contributed by atoms with Crippen LogP contribution in [0.15, 0.2) is 60.7 Å². The van der Waals surface area contributed by atoms with E-state index in [0.717, 1.165) is 6.07 Å². The minimum absolute atomic E-state index is 0.106. The van der Waals surface area contributed by atoms with Crippen LogP contribution in [-0.2, 0) is 6.18 Å². The largest absolute Gasteiger partial charge is 0.482 e. The number of benzene rings is 2. The maximum Gasteiger partial charge on any atom is 0.418 e. The highest BCUT2D eigenvalue weighted by Gasteiger charge is 2.36. The fourth-order valence-electron chi connectivity index (χ4n) is 3.46. The Hall–Kier alpha value is -3.95. The van der Waals surface area contributed by atoms with Gasteiger partial charge in [-0.3, -0.25) is 9.20 Å². The Labute approximate surface area is 183 Å². The minimum Gasteiger partial charge on any atom is -0.482 e. The summed E-state index contributed by atoms with van der Waals surface area (Å²) in [5.41, 5.74) is -1.23. The lowest BCUT2D eigenvalue weighted by Crippen LogP contribution is -2.14. The number of aromatic nitrogens is 1. The van der Waals surface area contributed by atoms with Crippen LogP contribution in [0.2, 0.25) is 0 Å². The van der Waals surface area contributed by atoms with E-state index < -0.39 is 40.7 Å². The molecule has 1 amide bonds. The lowest BCUT2D eigenvalue weighted by atomic mass is 10.1. The normalized spacial score (nSPS) is 11.6. The quantitative estimate of drug-likeness (QED) is 0.284. The predicted octanol–water partition coefficient (Wildman–Crippen LogP) is 6.30. The summed E-state index contributed by atoms with van der Waals surface area (Å²) in [7, 11) is 1.34. The second-order valence-electron chi connectivity index (χ2n) is 7.01. The first kappa shape index (κ1) is 22.3. The molecule has 1 N–H and O–H groups in total. The molecule has 2 aromatic heterocycles. The molecule has 0 aliphatic heterocycles. The molecular formula is C23H14F6N2O2. The second kappa shape index (κ2) is 8.19. The van der Waals surface area contributed by atoms with Crippen LogP contribution >= 0.6 is 0 Å². The van der Waals surface area contributed by atoms with Gasteiger partial charge < -0.3 is 10.1 Å². The molecule has 10 heteroatoms. The molecule has 2 aromatic carbocycles. The molecule has 0 fully saturated rings. The van der Waals surface area contributed by atoms with Crippen molar-refractivity contribution in [3.63, 3.8) is 0 Å². The standard InChI is InChI=1S/C23H14F6N2O2/c1-33-20-4-2-3-14-9-16(23(27,28)29)21(31(14)20)12-5-7-13(8-6-12)30-22(32)15-10-18(25)19(26)11-17(15)24/h2-11H,1H3,(H,30,32). The van der Waals surface area contributed by atoms with Gasteiger partial charge in [-0.05, 0) is 42.0 Å². The van der Waals surface area contributed by atoms with Gasteiger partial charge in [0.25, 0.3) is 5.91 Å². The van der Waals surface area contributed by atoms with Crippen LogP contribution in [0.5, 0.6) is 5.88 Å².